The third-order valence-electron chi connectivity index (χ3n) is 6.23. The molecule has 0 amide bonds. The summed E-state index contributed by atoms with van der Waals surface area (Å²) in [6.07, 6.45) is 0.714. The van der Waals surface area contributed by atoms with Crippen LogP contribution in [0.25, 0.3) is 11.2 Å². The summed E-state index contributed by atoms with van der Waals surface area (Å²) >= 11 is 0. The molecule has 1 saturated heterocycles. The van der Waals surface area contributed by atoms with Crippen LogP contribution in [0, 0.1) is 0 Å². The molecule has 0 spiro atoms. The number of nitrogens with one attached hydrogen (secondary N) is 1. The average Bonchev–Trinajstić information content (AvgIpc) is 3.48. The van der Waals surface area contributed by atoms with Gasteiger partial charge in [-0.25, -0.2) is 19.9 Å². The van der Waals surface area contributed by atoms with Gasteiger partial charge in [0.1, 0.15) is 18.2 Å². The van der Waals surface area contributed by atoms with Crippen LogP contribution >= 0.6 is 0 Å². The molecule has 2 aliphatic rings. The van der Waals surface area contributed by atoms with Gasteiger partial charge >= 0.3 is 6.18 Å². The van der Waals surface area contributed by atoms with Gasteiger partial charge in [0.25, 0.3) is 0 Å². The van der Waals surface area contributed by atoms with Gasteiger partial charge < -0.3 is 20.4 Å². The second-order valence-corrected chi connectivity index (χ2v) is 8.27. The maximum absolute atomic E-state index is 12.8. The smallest absolute Gasteiger partial charge is 0.388 e. The van der Waals surface area contributed by atoms with Gasteiger partial charge in [-0.05, 0) is 37.8 Å². The summed E-state index contributed by atoms with van der Waals surface area (Å²) in [4.78, 5) is 18.8. The lowest BCUT2D eigenvalue weighted by Gasteiger charge is -2.28. The topological polar surface area (TPSA) is 112 Å². The molecule has 2 unspecified atom stereocenters. The van der Waals surface area contributed by atoms with Crippen LogP contribution in [0.5, 0.6) is 0 Å². The van der Waals surface area contributed by atoms with E-state index in [4.69, 9.17) is 0 Å². The Balaban J connectivity index is 1.33. The van der Waals surface area contributed by atoms with Gasteiger partial charge in [-0.3, -0.25) is 4.57 Å². The Labute approximate surface area is 181 Å². The minimum atomic E-state index is -4.41. The summed E-state index contributed by atoms with van der Waals surface area (Å²) in [6.45, 7) is 1.16. The molecular formula is C20H22F3N7O2. The van der Waals surface area contributed by atoms with Crippen LogP contribution in [0.15, 0.2) is 31.0 Å². The summed E-state index contributed by atoms with van der Waals surface area (Å²) < 4.78 is 39.8. The van der Waals surface area contributed by atoms with E-state index in [0.717, 1.165) is 18.7 Å². The van der Waals surface area contributed by atoms with Crippen molar-refractivity contribution in [2.45, 2.75) is 49.7 Å². The third-order valence-corrected chi connectivity index (χ3v) is 6.23. The standard InChI is InChI=1S/C20H22F3N7O2/c21-20(22,23)12-3-4-15(24-8-12)29-7-5-13(9-29)28-17-16-18(26-10-25-17)30(11-27-16)19(32)6-1-2-14(19)31/h3-4,8,10-11,13-14,31-32H,1-2,5-7,9H2,(H,25,26,28)/t13-,14?,19?/m0/s1. The first-order chi connectivity index (χ1) is 15.3. The van der Waals surface area contributed by atoms with E-state index < -0.39 is 23.6 Å². The zero-order chi connectivity index (χ0) is 22.5. The number of rotatable bonds is 4. The molecule has 0 radical (unpaired) electrons. The van der Waals surface area contributed by atoms with Crippen LogP contribution in [-0.2, 0) is 11.9 Å². The number of aliphatic hydroxyl groups excluding tert-OH is 1. The molecule has 5 rings (SSSR count). The molecule has 4 heterocycles. The highest BCUT2D eigenvalue weighted by Crippen LogP contribution is 2.37. The number of nitrogens with zero attached hydrogens (tertiary/aromatic N) is 6. The van der Waals surface area contributed by atoms with Crippen molar-refractivity contribution in [3.63, 3.8) is 0 Å². The molecule has 12 heteroatoms. The van der Waals surface area contributed by atoms with Crippen LogP contribution in [-0.4, -0.2) is 60.0 Å². The van der Waals surface area contributed by atoms with Crippen molar-refractivity contribution in [2.24, 2.45) is 0 Å². The van der Waals surface area contributed by atoms with E-state index in [1.165, 1.54) is 23.3 Å². The normalized spacial score (nSPS) is 26.2. The van der Waals surface area contributed by atoms with Gasteiger partial charge in [-0.15, -0.1) is 0 Å². The van der Waals surface area contributed by atoms with Crippen LogP contribution in [0.1, 0.15) is 31.2 Å². The SMILES string of the molecule is OC1CCCC1(O)n1cnc2c(N[C@H]3CCN(c4ccc(C(F)(F)F)cn4)C3)ncnc21. The summed E-state index contributed by atoms with van der Waals surface area (Å²) in [5.74, 6) is 0.980. The van der Waals surface area contributed by atoms with Gasteiger partial charge in [-0.2, -0.15) is 13.2 Å². The van der Waals surface area contributed by atoms with Gasteiger partial charge in [0.05, 0.1) is 11.9 Å². The molecule has 3 aromatic heterocycles. The molecule has 3 N–H and O–H groups in total. The lowest BCUT2D eigenvalue weighted by Crippen LogP contribution is -2.40. The Morgan fingerprint density at radius 2 is 1.97 bits per heavy atom. The number of hydrogen-bond donors (Lipinski definition) is 3. The second kappa shape index (κ2) is 7.55. The van der Waals surface area contributed by atoms with Crippen molar-refractivity contribution in [2.75, 3.05) is 23.3 Å². The molecule has 170 valence electrons. The average molecular weight is 449 g/mol. The zero-order valence-corrected chi connectivity index (χ0v) is 17.0. The molecule has 0 bridgehead atoms. The predicted molar refractivity (Wildman–Crippen MR) is 109 cm³/mol. The number of imidazole rings is 1. The van der Waals surface area contributed by atoms with E-state index in [9.17, 15) is 23.4 Å². The summed E-state index contributed by atoms with van der Waals surface area (Å²) in [5, 5.41) is 24.5. The number of halogens is 3. The number of hydrogen-bond acceptors (Lipinski definition) is 8. The maximum Gasteiger partial charge on any atom is 0.417 e. The van der Waals surface area contributed by atoms with E-state index in [1.807, 2.05) is 4.90 Å². The Bertz CT molecular complexity index is 1120. The van der Waals surface area contributed by atoms with Crippen LogP contribution in [0.2, 0.25) is 0 Å². The second-order valence-electron chi connectivity index (χ2n) is 8.27. The molecule has 1 aliphatic heterocycles. The molecule has 9 nitrogen and oxygen atoms in total. The van der Waals surface area contributed by atoms with Crippen LogP contribution in [0.4, 0.5) is 24.8 Å². The lowest BCUT2D eigenvalue weighted by atomic mass is 10.1. The highest BCUT2D eigenvalue weighted by molar-refractivity contribution is 5.83. The Morgan fingerprint density at radius 3 is 2.66 bits per heavy atom. The van der Waals surface area contributed by atoms with Crippen molar-refractivity contribution in [1.29, 1.82) is 0 Å². The highest BCUT2D eigenvalue weighted by Gasteiger charge is 2.43. The molecule has 3 atom stereocenters. The first kappa shape index (κ1) is 20.9. The van der Waals surface area contributed by atoms with Crippen LogP contribution < -0.4 is 10.2 Å². The number of fused-ring (bicyclic) bond motifs is 1. The van der Waals surface area contributed by atoms with E-state index in [-0.39, 0.29) is 6.04 Å². The number of anilines is 2. The maximum atomic E-state index is 12.8. The molecule has 32 heavy (non-hydrogen) atoms. The van der Waals surface area contributed by atoms with Crippen molar-refractivity contribution < 1.29 is 23.4 Å². The molecule has 0 aromatic carbocycles. The number of pyridine rings is 1. The fourth-order valence-corrected chi connectivity index (χ4v) is 4.48. The van der Waals surface area contributed by atoms with E-state index in [0.29, 0.717) is 55.2 Å². The molecule has 1 aliphatic carbocycles. The Hall–Kier alpha value is -2.99. The van der Waals surface area contributed by atoms with E-state index in [2.05, 4.69) is 25.3 Å². The van der Waals surface area contributed by atoms with Gasteiger partial charge in [-0.1, -0.05) is 0 Å². The van der Waals surface area contributed by atoms with Crippen molar-refractivity contribution in [1.82, 2.24) is 24.5 Å². The van der Waals surface area contributed by atoms with Gasteiger partial charge in [0, 0.05) is 25.3 Å². The number of aromatic nitrogens is 5. The van der Waals surface area contributed by atoms with Crippen molar-refractivity contribution in [3.8, 4) is 0 Å². The van der Waals surface area contributed by atoms with Gasteiger partial charge in [0.15, 0.2) is 22.7 Å². The quantitative estimate of drug-likeness (QED) is 0.555. The lowest BCUT2D eigenvalue weighted by molar-refractivity contribution is -0.137. The largest absolute Gasteiger partial charge is 0.417 e. The monoisotopic (exact) mass is 449 g/mol. The Morgan fingerprint density at radius 1 is 1.12 bits per heavy atom. The van der Waals surface area contributed by atoms with E-state index in [1.54, 1.807) is 0 Å². The van der Waals surface area contributed by atoms with Crippen molar-refractivity contribution >= 4 is 22.8 Å². The van der Waals surface area contributed by atoms with E-state index >= 15 is 0 Å². The molecule has 3 aromatic rings. The number of aliphatic hydroxyl groups is 2. The number of alkyl halides is 3. The molecule has 1 saturated carbocycles. The minimum Gasteiger partial charge on any atom is -0.388 e. The molecular weight excluding hydrogens is 427 g/mol. The summed E-state index contributed by atoms with van der Waals surface area (Å²) in [5.41, 5.74) is -1.32. The van der Waals surface area contributed by atoms with Crippen LogP contribution in [0.3, 0.4) is 0 Å². The third kappa shape index (κ3) is 3.52. The molecule has 2 fully saturated rings. The minimum absolute atomic E-state index is 0.0255. The fourth-order valence-electron chi connectivity index (χ4n) is 4.48. The highest BCUT2D eigenvalue weighted by atomic mass is 19.4. The van der Waals surface area contributed by atoms with Crippen molar-refractivity contribution in [3.05, 3.63) is 36.5 Å². The Kier molecular flexibility index (Phi) is 4.93. The first-order valence-corrected chi connectivity index (χ1v) is 10.4. The fraction of sp³-hybridized carbons (Fsp3) is 0.500. The zero-order valence-electron chi connectivity index (χ0n) is 17.0. The first-order valence-electron chi connectivity index (χ1n) is 10.4. The predicted octanol–water partition coefficient (Wildman–Crippen LogP) is 2.12. The summed E-state index contributed by atoms with van der Waals surface area (Å²) in [7, 11) is 0. The van der Waals surface area contributed by atoms with Gasteiger partial charge in [0.2, 0.25) is 0 Å². The summed E-state index contributed by atoms with van der Waals surface area (Å²) in [6, 6.07) is 2.39.